The van der Waals surface area contributed by atoms with E-state index >= 15 is 0 Å². The van der Waals surface area contributed by atoms with Crippen LogP contribution in [0.4, 0.5) is 11.4 Å². The molecule has 6 nitrogen and oxygen atoms in total. The van der Waals surface area contributed by atoms with E-state index in [1.54, 1.807) is 60.5 Å². The van der Waals surface area contributed by atoms with Crippen molar-refractivity contribution < 1.29 is 19.2 Å². The maximum Gasteiger partial charge on any atom is 0.238 e. The SMILES string of the molecule is CN1C(=O)[C@@]2(c3ccccc31)[C@H](C(=O)c1ccccc1)[C@H]1C(=O)N(c3ccccc3)C(=O)[C@H]1[C@@H]2c1ccccc1. The summed E-state index contributed by atoms with van der Waals surface area (Å²) < 4.78 is 0. The average Bonchev–Trinajstić information content (AvgIpc) is 3.54. The van der Waals surface area contributed by atoms with Gasteiger partial charge in [-0.2, -0.15) is 0 Å². The lowest BCUT2D eigenvalue weighted by Crippen LogP contribution is -2.51. The van der Waals surface area contributed by atoms with Gasteiger partial charge >= 0.3 is 0 Å². The molecular formula is C34H26N2O4. The Morgan fingerprint density at radius 1 is 0.675 bits per heavy atom. The van der Waals surface area contributed by atoms with E-state index in [1.807, 2.05) is 66.7 Å². The molecule has 2 heterocycles. The van der Waals surface area contributed by atoms with Gasteiger partial charge in [0, 0.05) is 24.2 Å². The molecule has 1 saturated carbocycles. The highest BCUT2D eigenvalue weighted by Gasteiger charge is 2.76. The molecule has 3 amide bonds. The van der Waals surface area contributed by atoms with Crippen molar-refractivity contribution in [2.45, 2.75) is 11.3 Å². The maximum absolute atomic E-state index is 14.6. The number of carbonyl (C=O) groups excluding carboxylic acids is 4. The summed E-state index contributed by atoms with van der Waals surface area (Å²) in [6, 6.07) is 34.5. The van der Waals surface area contributed by atoms with E-state index in [-0.39, 0.29) is 17.6 Å². The van der Waals surface area contributed by atoms with E-state index in [4.69, 9.17) is 0 Å². The number of imide groups is 1. The molecule has 7 rings (SSSR count). The number of benzene rings is 4. The van der Waals surface area contributed by atoms with E-state index in [0.717, 1.165) is 5.56 Å². The number of Topliss-reactive ketones (excluding diaryl/α,β-unsaturated/α-hetero) is 1. The number of hydrogen-bond acceptors (Lipinski definition) is 4. The quantitative estimate of drug-likeness (QED) is 0.277. The van der Waals surface area contributed by atoms with Crippen LogP contribution in [-0.4, -0.2) is 30.6 Å². The number of nitrogens with zero attached hydrogens (tertiary/aromatic N) is 2. The van der Waals surface area contributed by atoms with Crippen LogP contribution in [0.2, 0.25) is 0 Å². The Balaban J connectivity index is 1.55. The number of carbonyl (C=O) groups is 4. The number of hydrogen-bond donors (Lipinski definition) is 0. The summed E-state index contributed by atoms with van der Waals surface area (Å²) in [6.45, 7) is 0. The molecule has 6 heteroatoms. The van der Waals surface area contributed by atoms with Gasteiger partial charge in [0.05, 0.1) is 28.9 Å². The van der Waals surface area contributed by atoms with Crippen LogP contribution in [-0.2, 0) is 19.8 Å². The van der Waals surface area contributed by atoms with E-state index in [1.165, 1.54) is 4.90 Å². The van der Waals surface area contributed by atoms with Gasteiger partial charge in [-0.25, -0.2) is 0 Å². The monoisotopic (exact) mass is 526 g/mol. The molecule has 0 unspecified atom stereocenters. The van der Waals surface area contributed by atoms with Crippen LogP contribution in [0.1, 0.15) is 27.4 Å². The molecule has 196 valence electrons. The molecule has 5 atom stereocenters. The second-order valence-electron chi connectivity index (χ2n) is 10.7. The normalized spacial score (nSPS) is 26.9. The van der Waals surface area contributed by atoms with Gasteiger partial charge in [0.15, 0.2) is 5.78 Å². The highest BCUT2D eigenvalue weighted by molar-refractivity contribution is 6.26. The third kappa shape index (κ3) is 3.04. The van der Waals surface area contributed by atoms with Crippen LogP contribution in [0.15, 0.2) is 115 Å². The van der Waals surface area contributed by atoms with E-state index in [9.17, 15) is 19.2 Å². The Bertz CT molecular complexity index is 1670. The number of ketones is 1. The van der Waals surface area contributed by atoms with Gasteiger partial charge in [0.25, 0.3) is 0 Å². The predicted octanol–water partition coefficient (Wildman–Crippen LogP) is 5.00. The summed E-state index contributed by atoms with van der Waals surface area (Å²) in [5.74, 6) is -5.08. The first-order chi connectivity index (χ1) is 19.5. The van der Waals surface area contributed by atoms with E-state index in [2.05, 4.69) is 0 Å². The number of para-hydroxylation sites is 2. The fraction of sp³-hybridized carbons (Fsp3) is 0.176. The zero-order chi connectivity index (χ0) is 27.6. The van der Waals surface area contributed by atoms with Gasteiger partial charge in [-0.1, -0.05) is 97.1 Å². The minimum absolute atomic E-state index is 0.266. The number of rotatable bonds is 4. The van der Waals surface area contributed by atoms with E-state index < -0.39 is 35.0 Å². The summed E-state index contributed by atoms with van der Waals surface area (Å²) in [6.07, 6.45) is 0. The summed E-state index contributed by atoms with van der Waals surface area (Å²) >= 11 is 0. The van der Waals surface area contributed by atoms with Crippen molar-refractivity contribution >= 4 is 34.9 Å². The van der Waals surface area contributed by atoms with Crippen molar-refractivity contribution in [3.8, 4) is 0 Å². The number of fused-ring (bicyclic) bond motifs is 3. The lowest BCUT2D eigenvalue weighted by molar-refractivity contribution is -0.126. The van der Waals surface area contributed by atoms with Crippen LogP contribution in [0, 0.1) is 17.8 Å². The summed E-state index contributed by atoms with van der Waals surface area (Å²) in [5, 5.41) is 0. The Kier molecular flexibility index (Phi) is 5.36. The van der Waals surface area contributed by atoms with Gasteiger partial charge in [0.2, 0.25) is 17.7 Å². The molecule has 2 fully saturated rings. The molecule has 1 aliphatic carbocycles. The largest absolute Gasteiger partial charge is 0.314 e. The minimum Gasteiger partial charge on any atom is -0.314 e. The lowest BCUT2D eigenvalue weighted by Gasteiger charge is -2.38. The zero-order valence-corrected chi connectivity index (χ0v) is 21.8. The summed E-state index contributed by atoms with van der Waals surface area (Å²) in [7, 11) is 1.70. The van der Waals surface area contributed by atoms with Crippen LogP contribution in [0.3, 0.4) is 0 Å². The smallest absolute Gasteiger partial charge is 0.238 e. The molecule has 4 aromatic rings. The van der Waals surface area contributed by atoms with Crippen molar-refractivity contribution in [2.24, 2.45) is 17.8 Å². The lowest BCUT2D eigenvalue weighted by atomic mass is 9.62. The molecule has 1 saturated heterocycles. The fourth-order valence-electron chi connectivity index (χ4n) is 7.51. The Labute approximate surface area is 231 Å². The van der Waals surface area contributed by atoms with Crippen LogP contribution < -0.4 is 9.80 Å². The first kappa shape index (κ1) is 24.2. The zero-order valence-electron chi connectivity index (χ0n) is 21.8. The Hall–Kier alpha value is -4.84. The standard InChI is InChI=1S/C34H26N2O4/c1-35-25-20-12-11-19-24(25)34(33(35)40)28(21-13-5-2-6-14-21)26-27(29(34)30(37)22-15-7-3-8-16-22)32(39)36(31(26)38)23-17-9-4-10-18-23/h2-20,26-29H,1H3/t26-,27+,28+,29+,34-/m1/s1. The fourth-order valence-corrected chi connectivity index (χ4v) is 7.51. The molecule has 1 spiro atoms. The first-order valence-corrected chi connectivity index (χ1v) is 13.4. The molecule has 2 aliphatic heterocycles. The molecule has 0 N–H and O–H groups in total. The minimum atomic E-state index is -1.43. The third-order valence-corrected chi connectivity index (χ3v) is 8.98. The van der Waals surface area contributed by atoms with Gasteiger partial charge in [-0.05, 0) is 29.3 Å². The third-order valence-electron chi connectivity index (χ3n) is 8.98. The van der Waals surface area contributed by atoms with Crippen molar-refractivity contribution in [1.29, 1.82) is 0 Å². The number of amides is 3. The van der Waals surface area contributed by atoms with Crippen molar-refractivity contribution in [2.75, 3.05) is 16.8 Å². The first-order valence-electron chi connectivity index (χ1n) is 13.4. The molecule has 0 aromatic heterocycles. The Morgan fingerprint density at radius 2 is 1.23 bits per heavy atom. The van der Waals surface area contributed by atoms with Crippen LogP contribution in [0.25, 0.3) is 0 Å². The molecule has 0 radical (unpaired) electrons. The molecule has 3 aliphatic rings. The van der Waals surface area contributed by atoms with Crippen molar-refractivity contribution in [3.05, 3.63) is 132 Å². The number of anilines is 2. The van der Waals surface area contributed by atoms with Crippen LogP contribution in [0.5, 0.6) is 0 Å². The van der Waals surface area contributed by atoms with Crippen LogP contribution >= 0.6 is 0 Å². The van der Waals surface area contributed by atoms with E-state index in [0.29, 0.717) is 22.5 Å². The highest BCUT2D eigenvalue weighted by Crippen LogP contribution is 2.67. The Morgan fingerprint density at radius 3 is 1.90 bits per heavy atom. The topological polar surface area (TPSA) is 74.8 Å². The van der Waals surface area contributed by atoms with Gasteiger partial charge in [0.1, 0.15) is 0 Å². The molecule has 40 heavy (non-hydrogen) atoms. The summed E-state index contributed by atoms with van der Waals surface area (Å²) in [4.78, 5) is 60.9. The number of likely N-dealkylation sites (N-methyl/N-ethyl adjacent to an activating group) is 1. The highest BCUT2D eigenvalue weighted by atomic mass is 16.2. The van der Waals surface area contributed by atoms with Gasteiger partial charge in [-0.3, -0.25) is 24.1 Å². The average molecular weight is 527 g/mol. The second kappa shape index (κ2) is 8.85. The predicted molar refractivity (Wildman–Crippen MR) is 151 cm³/mol. The second-order valence-corrected chi connectivity index (χ2v) is 10.7. The molecular weight excluding hydrogens is 500 g/mol. The van der Waals surface area contributed by atoms with Crippen molar-refractivity contribution in [1.82, 2.24) is 0 Å². The van der Waals surface area contributed by atoms with Crippen molar-refractivity contribution in [3.63, 3.8) is 0 Å². The van der Waals surface area contributed by atoms with Gasteiger partial charge < -0.3 is 4.90 Å². The van der Waals surface area contributed by atoms with Gasteiger partial charge in [-0.15, -0.1) is 0 Å². The summed E-state index contributed by atoms with van der Waals surface area (Å²) in [5.41, 5.74) is 1.59. The maximum atomic E-state index is 14.6. The molecule has 0 bridgehead atoms. The molecule has 4 aromatic carbocycles.